The molecule has 1 aromatic heterocycles. The maximum absolute atomic E-state index is 12.1. The van der Waals surface area contributed by atoms with Crippen molar-refractivity contribution in [3.05, 3.63) is 65.0 Å². The Hall–Kier alpha value is -3.39. The Morgan fingerprint density at radius 2 is 1.74 bits per heavy atom. The lowest BCUT2D eigenvalue weighted by atomic mass is 10.2. The van der Waals surface area contributed by atoms with Crippen molar-refractivity contribution in [1.82, 2.24) is 10.2 Å². The SMILES string of the molecule is NC(=O)COc1ccc(C(=O)OCc2nnc(-c3ccc(Cl)cc3)o2)cc1. The van der Waals surface area contributed by atoms with Gasteiger partial charge in [-0.1, -0.05) is 11.6 Å². The standard InChI is InChI=1S/C18H14ClN3O5/c19-13-5-1-11(2-6-13)17-22-21-16(27-17)10-26-18(24)12-3-7-14(8-4-12)25-9-15(20)23/h1-8H,9-10H2,(H2,20,23). The number of esters is 1. The van der Waals surface area contributed by atoms with E-state index in [0.29, 0.717) is 27.8 Å². The van der Waals surface area contributed by atoms with Crippen LogP contribution in [0.15, 0.2) is 52.9 Å². The number of primary amides is 1. The van der Waals surface area contributed by atoms with Crippen LogP contribution in [-0.2, 0) is 16.1 Å². The summed E-state index contributed by atoms with van der Waals surface area (Å²) in [5.74, 6) is -0.281. The third-order valence-corrected chi connectivity index (χ3v) is 3.61. The molecule has 0 radical (unpaired) electrons. The second kappa shape index (κ2) is 8.33. The minimum absolute atomic E-state index is 0.162. The van der Waals surface area contributed by atoms with Gasteiger partial charge in [0.05, 0.1) is 5.56 Å². The van der Waals surface area contributed by atoms with E-state index in [1.54, 1.807) is 24.3 Å². The largest absolute Gasteiger partial charge is 0.484 e. The van der Waals surface area contributed by atoms with Gasteiger partial charge >= 0.3 is 5.97 Å². The van der Waals surface area contributed by atoms with Gasteiger partial charge in [0.1, 0.15) is 5.75 Å². The lowest BCUT2D eigenvalue weighted by Crippen LogP contribution is -2.20. The van der Waals surface area contributed by atoms with Crippen LogP contribution in [-0.4, -0.2) is 28.7 Å². The van der Waals surface area contributed by atoms with Crippen molar-refractivity contribution in [1.29, 1.82) is 0 Å². The summed E-state index contributed by atoms with van der Waals surface area (Å²) in [6, 6.07) is 13.0. The molecule has 2 aromatic carbocycles. The number of halogens is 1. The van der Waals surface area contributed by atoms with Crippen molar-refractivity contribution in [3.8, 4) is 17.2 Å². The number of nitrogens with zero attached hydrogens (tertiary/aromatic N) is 2. The van der Waals surface area contributed by atoms with Crippen molar-refractivity contribution in [2.75, 3.05) is 6.61 Å². The van der Waals surface area contributed by atoms with Crippen LogP contribution in [0.3, 0.4) is 0 Å². The molecule has 0 saturated carbocycles. The molecule has 1 amide bonds. The summed E-state index contributed by atoms with van der Waals surface area (Å²) in [7, 11) is 0. The molecular weight excluding hydrogens is 374 g/mol. The van der Waals surface area contributed by atoms with Crippen LogP contribution in [0.1, 0.15) is 16.2 Å². The molecule has 0 aliphatic carbocycles. The van der Waals surface area contributed by atoms with Gasteiger partial charge in [0, 0.05) is 10.6 Å². The summed E-state index contributed by atoms with van der Waals surface area (Å²) in [6.45, 7) is -0.406. The number of hydrogen-bond donors (Lipinski definition) is 1. The molecule has 3 rings (SSSR count). The zero-order valence-corrected chi connectivity index (χ0v) is 14.7. The summed E-state index contributed by atoms with van der Waals surface area (Å²) >= 11 is 5.84. The number of ether oxygens (including phenoxy) is 2. The van der Waals surface area contributed by atoms with Gasteiger partial charge in [-0.3, -0.25) is 4.79 Å². The van der Waals surface area contributed by atoms with Gasteiger partial charge in [-0.2, -0.15) is 0 Å². The Labute approximate surface area is 158 Å². The van der Waals surface area contributed by atoms with Gasteiger partial charge in [0.25, 0.3) is 11.8 Å². The molecule has 138 valence electrons. The lowest BCUT2D eigenvalue weighted by Gasteiger charge is -2.05. The average Bonchev–Trinajstić information content (AvgIpc) is 3.14. The molecule has 9 heteroatoms. The molecule has 0 saturated heterocycles. The lowest BCUT2D eigenvalue weighted by molar-refractivity contribution is -0.119. The minimum atomic E-state index is -0.587. The highest BCUT2D eigenvalue weighted by atomic mass is 35.5. The van der Waals surface area contributed by atoms with E-state index in [9.17, 15) is 9.59 Å². The Balaban J connectivity index is 1.56. The van der Waals surface area contributed by atoms with Gasteiger partial charge in [-0.05, 0) is 48.5 Å². The van der Waals surface area contributed by atoms with Crippen LogP contribution in [0.25, 0.3) is 11.5 Å². The number of aromatic nitrogens is 2. The van der Waals surface area contributed by atoms with E-state index in [2.05, 4.69) is 10.2 Å². The first-order chi connectivity index (χ1) is 13.0. The molecule has 0 aliphatic rings. The maximum atomic E-state index is 12.1. The van der Waals surface area contributed by atoms with E-state index in [-0.39, 0.29) is 19.1 Å². The number of nitrogens with two attached hydrogens (primary N) is 1. The van der Waals surface area contributed by atoms with Gasteiger partial charge in [-0.25, -0.2) is 4.79 Å². The van der Waals surface area contributed by atoms with Crippen molar-refractivity contribution < 1.29 is 23.5 Å². The molecule has 0 bridgehead atoms. The zero-order valence-electron chi connectivity index (χ0n) is 13.9. The Morgan fingerprint density at radius 3 is 2.41 bits per heavy atom. The second-order valence-corrected chi connectivity index (χ2v) is 5.80. The molecule has 0 unspecified atom stereocenters. The monoisotopic (exact) mass is 387 g/mol. The zero-order chi connectivity index (χ0) is 19.2. The predicted octanol–water partition coefficient (Wildman–Crippen LogP) is 2.61. The fraction of sp³-hybridized carbons (Fsp3) is 0.111. The number of rotatable bonds is 7. The number of benzene rings is 2. The van der Waals surface area contributed by atoms with Crippen molar-refractivity contribution in [3.63, 3.8) is 0 Å². The highest BCUT2D eigenvalue weighted by molar-refractivity contribution is 6.30. The smallest absolute Gasteiger partial charge is 0.338 e. The Kier molecular flexibility index (Phi) is 5.68. The highest BCUT2D eigenvalue weighted by Gasteiger charge is 2.12. The van der Waals surface area contributed by atoms with Gasteiger partial charge in [0.2, 0.25) is 5.89 Å². The highest BCUT2D eigenvalue weighted by Crippen LogP contribution is 2.20. The second-order valence-electron chi connectivity index (χ2n) is 5.36. The molecule has 2 N–H and O–H groups in total. The molecule has 8 nitrogen and oxygen atoms in total. The molecule has 3 aromatic rings. The number of carbonyl (C=O) groups is 2. The fourth-order valence-corrected chi connectivity index (χ4v) is 2.20. The molecule has 27 heavy (non-hydrogen) atoms. The molecule has 0 atom stereocenters. The minimum Gasteiger partial charge on any atom is -0.484 e. The van der Waals surface area contributed by atoms with E-state index in [1.165, 1.54) is 24.3 Å². The molecule has 1 heterocycles. The van der Waals surface area contributed by atoms with Crippen LogP contribution in [0.2, 0.25) is 5.02 Å². The fourth-order valence-electron chi connectivity index (χ4n) is 2.07. The summed E-state index contributed by atoms with van der Waals surface area (Å²) in [6.07, 6.45) is 0. The van der Waals surface area contributed by atoms with Crippen molar-refractivity contribution >= 4 is 23.5 Å². The summed E-state index contributed by atoms with van der Waals surface area (Å²) in [4.78, 5) is 22.7. The average molecular weight is 388 g/mol. The third kappa shape index (κ3) is 5.05. The van der Waals surface area contributed by atoms with E-state index in [1.807, 2.05) is 0 Å². The first-order valence-electron chi connectivity index (χ1n) is 7.78. The van der Waals surface area contributed by atoms with Crippen LogP contribution < -0.4 is 10.5 Å². The van der Waals surface area contributed by atoms with Crippen LogP contribution in [0, 0.1) is 0 Å². The summed E-state index contributed by atoms with van der Waals surface area (Å²) in [5, 5.41) is 8.35. The van der Waals surface area contributed by atoms with Crippen LogP contribution >= 0.6 is 11.6 Å². The Morgan fingerprint density at radius 1 is 1.04 bits per heavy atom. The first kappa shape index (κ1) is 18.4. The quantitative estimate of drug-likeness (QED) is 0.619. The summed E-state index contributed by atoms with van der Waals surface area (Å²) in [5.41, 5.74) is 6.00. The first-order valence-corrected chi connectivity index (χ1v) is 8.15. The maximum Gasteiger partial charge on any atom is 0.338 e. The summed E-state index contributed by atoms with van der Waals surface area (Å²) < 4.78 is 15.7. The Bertz CT molecular complexity index is 938. The van der Waals surface area contributed by atoms with E-state index in [0.717, 1.165) is 0 Å². The van der Waals surface area contributed by atoms with Crippen LogP contribution in [0.4, 0.5) is 0 Å². The topological polar surface area (TPSA) is 118 Å². The van der Waals surface area contributed by atoms with Gasteiger partial charge in [-0.15, -0.1) is 10.2 Å². The number of hydrogen-bond acceptors (Lipinski definition) is 7. The molecule has 0 aliphatic heterocycles. The number of carbonyl (C=O) groups excluding carboxylic acids is 2. The van der Waals surface area contributed by atoms with Crippen molar-refractivity contribution in [2.45, 2.75) is 6.61 Å². The molecule has 0 fully saturated rings. The van der Waals surface area contributed by atoms with Crippen molar-refractivity contribution in [2.24, 2.45) is 5.73 Å². The third-order valence-electron chi connectivity index (χ3n) is 3.36. The van der Waals surface area contributed by atoms with Gasteiger partial charge in [0.15, 0.2) is 13.2 Å². The van der Waals surface area contributed by atoms with Crippen LogP contribution in [0.5, 0.6) is 5.75 Å². The molecule has 0 spiro atoms. The van der Waals surface area contributed by atoms with E-state index in [4.69, 9.17) is 31.2 Å². The van der Waals surface area contributed by atoms with E-state index >= 15 is 0 Å². The number of amides is 1. The predicted molar refractivity (Wildman–Crippen MR) is 95.0 cm³/mol. The normalized spacial score (nSPS) is 10.4. The molecular formula is C18H14ClN3O5. The van der Waals surface area contributed by atoms with Gasteiger partial charge < -0.3 is 19.6 Å². The van der Waals surface area contributed by atoms with E-state index < -0.39 is 11.9 Å².